The molecule has 0 saturated heterocycles. The molecule has 5 heteroatoms. The monoisotopic (exact) mass is 242 g/mol. The summed E-state index contributed by atoms with van der Waals surface area (Å²) in [5.74, 6) is -2.17. The minimum Gasteiger partial charge on any atom is -0.371 e. The van der Waals surface area contributed by atoms with Gasteiger partial charge in [0.2, 0.25) is 5.91 Å². The fourth-order valence-corrected chi connectivity index (χ4v) is 1.32. The average Bonchev–Trinajstić information content (AvgIpc) is 2.23. The maximum atomic E-state index is 13.3. The average molecular weight is 242 g/mol. The second-order valence-electron chi connectivity index (χ2n) is 4.13. The first-order valence-corrected chi connectivity index (χ1v) is 5.42. The molecule has 1 unspecified atom stereocenters. The van der Waals surface area contributed by atoms with E-state index in [0.717, 1.165) is 6.07 Å². The highest BCUT2D eigenvalue weighted by molar-refractivity contribution is 5.84. The van der Waals surface area contributed by atoms with E-state index in [1.165, 1.54) is 12.1 Å². The molecule has 0 bridgehead atoms. The van der Waals surface area contributed by atoms with Crippen molar-refractivity contribution in [1.29, 1.82) is 0 Å². The van der Waals surface area contributed by atoms with Crippen molar-refractivity contribution in [3.63, 3.8) is 0 Å². The van der Waals surface area contributed by atoms with E-state index in [9.17, 15) is 13.6 Å². The standard InChI is InChI=1S/C12H16F2N2O/c1-7(2)15-12(17)8(3)16-10-6-4-5-9(13)11(10)14/h4-8,16H,1-3H3,(H,15,17). The number of rotatable bonds is 4. The maximum absolute atomic E-state index is 13.3. The fourth-order valence-electron chi connectivity index (χ4n) is 1.32. The Balaban J connectivity index is 2.71. The predicted octanol–water partition coefficient (Wildman–Crippen LogP) is 2.29. The molecule has 0 aliphatic rings. The molecule has 0 fully saturated rings. The van der Waals surface area contributed by atoms with Gasteiger partial charge in [-0.2, -0.15) is 0 Å². The van der Waals surface area contributed by atoms with Gasteiger partial charge in [0.25, 0.3) is 0 Å². The molecule has 0 heterocycles. The summed E-state index contributed by atoms with van der Waals surface area (Å²) in [5, 5.41) is 5.31. The minimum atomic E-state index is -0.975. The number of halogens is 2. The Morgan fingerprint density at radius 3 is 2.47 bits per heavy atom. The summed E-state index contributed by atoms with van der Waals surface area (Å²) in [6.07, 6.45) is 0. The van der Waals surface area contributed by atoms with Crippen molar-refractivity contribution in [2.24, 2.45) is 0 Å². The molecule has 1 aromatic carbocycles. The van der Waals surface area contributed by atoms with Crippen LogP contribution in [0.5, 0.6) is 0 Å². The van der Waals surface area contributed by atoms with Crippen LogP contribution in [0.3, 0.4) is 0 Å². The van der Waals surface area contributed by atoms with Crippen molar-refractivity contribution < 1.29 is 13.6 Å². The molecule has 0 aromatic heterocycles. The van der Waals surface area contributed by atoms with Gasteiger partial charge in [0.05, 0.1) is 5.69 Å². The summed E-state index contributed by atoms with van der Waals surface area (Å²) in [6, 6.07) is 3.17. The van der Waals surface area contributed by atoms with Crippen molar-refractivity contribution in [2.45, 2.75) is 32.9 Å². The molecular weight excluding hydrogens is 226 g/mol. The Bertz CT molecular complexity index is 407. The molecule has 94 valence electrons. The Morgan fingerprint density at radius 2 is 1.88 bits per heavy atom. The lowest BCUT2D eigenvalue weighted by atomic mass is 10.2. The van der Waals surface area contributed by atoms with E-state index < -0.39 is 17.7 Å². The van der Waals surface area contributed by atoms with Crippen molar-refractivity contribution in [2.75, 3.05) is 5.32 Å². The van der Waals surface area contributed by atoms with Gasteiger partial charge in [0.15, 0.2) is 11.6 Å². The van der Waals surface area contributed by atoms with E-state index in [2.05, 4.69) is 10.6 Å². The summed E-state index contributed by atoms with van der Waals surface area (Å²) in [5.41, 5.74) is -0.0172. The largest absolute Gasteiger partial charge is 0.371 e. The van der Waals surface area contributed by atoms with E-state index in [1.807, 2.05) is 13.8 Å². The zero-order valence-electron chi connectivity index (χ0n) is 10.1. The van der Waals surface area contributed by atoms with Gasteiger partial charge in [0, 0.05) is 6.04 Å². The number of carbonyl (C=O) groups excluding carboxylic acids is 1. The van der Waals surface area contributed by atoms with Gasteiger partial charge in [0.1, 0.15) is 6.04 Å². The molecule has 2 N–H and O–H groups in total. The van der Waals surface area contributed by atoms with E-state index >= 15 is 0 Å². The quantitative estimate of drug-likeness (QED) is 0.850. The molecule has 1 amide bonds. The zero-order valence-corrected chi connectivity index (χ0v) is 10.1. The van der Waals surface area contributed by atoms with Gasteiger partial charge in [-0.15, -0.1) is 0 Å². The highest BCUT2D eigenvalue weighted by Gasteiger charge is 2.16. The van der Waals surface area contributed by atoms with Crippen molar-refractivity contribution in [3.05, 3.63) is 29.8 Å². The molecular formula is C12H16F2N2O. The number of nitrogens with one attached hydrogen (secondary N) is 2. The van der Waals surface area contributed by atoms with Gasteiger partial charge in [-0.25, -0.2) is 8.78 Å². The van der Waals surface area contributed by atoms with Crippen LogP contribution in [0.2, 0.25) is 0 Å². The second kappa shape index (κ2) is 5.61. The molecule has 0 saturated carbocycles. The van der Waals surface area contributed by atoms with Crippen LogP contribution in [0, 0.1) is 11.6 Å². The fraction of sp³-hybridized carbons (Fsp3) is 0.417. The van der Waals surface area contributed by atoms with Gasteiger partial charge >= 0.3 is 0 Å². The summed E-state index contributed by atoms with van der Waals surface area (Å²) in [4.78, 5) is 11.6. The Morgan fingerprint density at radius 1 is 1.24 bits per heavy atom. The summed E-state index contributed by atoms with van der Waals surface area (Å²) < 4.78 is 26.2. The number of amides is 1. The Labute approximate surface area is 99.2 Å². The maximum Gasteiger partial charge on any atom is 0.242 e. The number of hydrogen-bond acceptors (Lipinski definition) is 2. The molecule has 0 aliphatic carbocycles. The summed E-state index contributed by atoms with van der Waals surface area (Å²) in [7, 11) is 0. The van der Waals surface area contributed by atoms with E-state index in [4.69, 9.17) is 0 Å². The number of hydrogen-bond donors (Lipinski definition) is 2. The number of benzene rings is 1. The summed E-state index contributed by atoms with van der Waals surface area (Å²) >= 11 is 0. The third-order valence-electron chi connectivity index (χ3n) is 2.15. The molecule has 1 aromatic rings. The molecule has 0 radical (unpaired) electrons. The second-order valence-corrected chi connectivity index (χ2v) is 4.13. The van der Waals surface area contributed by atoms with Crippen LogP contribution in [0.4, 0.5) is 14.5 Å². The highest BCUT2D eigenvalue weighted by atomic mass is 19.2. The molecule has 1 atom stereocenters. The van der Waals surface area contributed by atoms with Crippen LogP contribution in [0.1, 0.15) is 20.8 Å². The SMILES string of the molecule is CC(C)NC(=O)C(C)Nc1cccc(F)c1F. The lowest BCUT2D eigenvalue weighted by molar-refractivity contribution is -0.122. The van der Waals surface area contributed by atoms with Crippen LogP contribution in [-0.4, -0.2) is 18.0 Å². The van der Waals surface area contributed by atoms with Crippen molar-refractivity contribution in [1.82, 2.24) is 5.32 Å². The Hall–Kier alpha value is -1.65. The van der Waals surface area contributed by atoms with Crippen molar-refractivity contribution >= 4 is 11.6 Å². The van der Waals surface area contributed by atoms with E-state index in [1.54, 1.807) is 6.92 Å². The van der Waals surface area contributed by atoms with Gasteiger partial charge in [-0.3, -0.25) is 4.79 Å². The van der Waals surface area contributed by atoms with Gasteiger partial charge < -0.3 is 10.6 Å². The van der Waals surface area contributed by atoms with Crippen LogP contribution >= 0.6 is 0 Å². The third kappa shape index (κ3) is 3.69. The predicted molar refractivity (Wildman–Crippen MR) is 62.7 cm³/mol. The first kappa shape index (κ1) is 13.4. The van der Waals surface area contributed by atoms with Gasteiger partial charge in [-0.1, -0.05) is 6.07 Å². The van der Waals surface area contributed by atoms with Crippen LogP contribution in [0.25, 0.3) is 0 Å². The Kier molecular flexibility index (Phi) is 4.43. The lowest BCUT2D eigenvalue weighted by Gasteiger charge is -2.17. The normalized spacial score (nSPS) is 12.4. The summed E-state index contributed by atoms with van der Waals surface area (Å²) in [6.45, 7) is 5.24. The minimum absolute atomic E-state index is 0.00380. The van der Waals surface area contributed by atoms with Crippen molar-refractivity contribution in [3.8, 4) is 0 Å². The van der Waals surface area contributed by atoms with E-state index in [0.29, 0.717) is 0 Å². The molecule has 1 rings (SSSR count). The lowest BCUT2D eigenvalue weighted by Crippen LogP contribution is -2.41. The third-order valence-corrected chi connectivity index (χ3v) is 2.15. The van der Waals surface area contributed by atoms with Crippen LogP contribution in [0.15, 0.2) is 18.2 Å². The first-order chi connectivity index (χ1) is 7.91. The molecule has 0 spiro atoms. The number of anilines is 1. The van der Waals surface area contributed by atoms with E-state index in [-0.39, 0.29) is 17.6 Å². The number of carbonyl (C=O) groups is 1. The zero-order chi connectivity index (χ0) is 13.0. The van der Waals surface area contributed by atoms with Crippen LogP contribution in [-0.2, 0) is 4.79 Å². The molecule has 3 nitrogen and oxygen atoms in total. The topological polar surface area (TPSA) is 41.1 Å². The molecule has 0 aliphatic heterocycles. The molecule has 17 heavy (non-hydrogen) atoms. The first-order valence-electron chi connectivity index (χ1n) is 5.42. The smallest absolute Gasteiger partial charge is 0.242 e. The van der Waals surface area contributed by atoms with Crippen LogP contribution < -0.4 is 10.6 Å². The van der Waals surface area contributed by atoms with Gasteiger partial charge in [-0.05, 0) is 32.9 Å². The highest BCUT2D eigenvalue weighted by Crippen LogP contribution is 2.17.